The van der Waals surface area contributed by atoms with Crippen molar-refractivity contribution >= 4 is 28.7 Å². The van der Waals surface area contributed by atoms with E-state index in [1.54, 1.807) is 0 Å². The molecule has 1 aliphatic rings. The molecule has 3 rings (SSSR count). The number of rotatable bonds is 8. The largest absolute Gasteiger partial charge is 0.375 e. The van der Waals surface area contributed by atoms with E-state index < -0.39 is 10.8 Å². The van der Waals surface area contributed by atoms with Crippen LogP contribution in [0.3, 0.4) is 0 Å². The summed E-state index contributed by atoms with van der Waals surface area (Å²) in [5.41, 5.74) is 7.32. The van der Waals surface area contributed by atoms with E-state index in [-0.39, 0.29) is 23.0 Å². The zero-order valence-corrected chi connectivity index (χ0v) is 15.1. The maximum atomic E-state index is 11.3. The van der Waals surface area contributed by atoms with Crippen molar-refractivity contribution in [3.05, 3.63) is 58.1 Å². The topological polar surface area (TPSA) is 111 Å². The van der Waals surface area contributed by atoms with Gasteiger partial charge in [0.05, 0.1) is 11.0 Å². The number of nitrogens with one attached hydrogen (secondary N) is 1. The van der Waals surface area contributed by atoms with E-state index in [2.05, 4.69) is 17.1 Å². The minimum absolute atomic E-state index is 0.122. The number of hydrogen-bond acceptors (Lipinski definition) is 6. The number of nitrogens with zero attached hydrogens (tertiary/aromatic N) is 2. The van der Waals surface area contributed by atoms with Crippen LogP contribution in [-0.2, 0) is 4.74 Å². The lowest BCUT2D eigenvalue weighted by atomic mass is 10.1. The minimum Gasteiger partial charge on any atom is -0.375 e. The van der Waals surface area contributed by atoms with Crippen molar-refractivity contribution in [3.8, 4) is 0 Å². The number of carbonyl (C=O) groups excluding carboxylic acids is 1. The minimum atomic E-state index is -0.638. The first-order chi connectivity index (χ1) is 13.0. The zero-order valence-electron chi connectivity index (χ0n) is 15.1. The van der Waals surface area contributed by atoms with Crippen molar-refractivity contribution in [1.29, 1.82) is 0 Å². The van der Waals surface area contributed by atoms with E-state index in [1.807, 2.05) is 24.3 Å². The molecule has 1 aliphatic heterocycles. The Kier molecular flexibility index (Phi) is 5.56. The Hall–Kier alpha value is -3.13. The van der Waals surface area contributed by atoms with E-state index in [0.29, 0.717) is 5.69 Å². The molecule has 1 amide bonds. The Morgan fingerprint density at radius 2 is 2.00 bits per heavy atom. The van der Waals surface area contributed by atoms with Gasteiger partial charge in [-0.25, -0.2) is 0 Å². The van der Waals surface area contributed by atoms with Crippen molar-refractivity contribution in [1.82, 2.24) is 0 Å². The van der Waals surface area contributed by atoms with Crippen LogP contribution in [-0.4, -0.2) is 36.6 Å². The van der Waals surface area contributed by atoms with Gasteiger partial charge in [0.15, 0.2) is 0 Å². The van der Waals surface area contributed by atoms with Gasteiger partial charge in [-0.3, -0.25) is 14.9 Å². The molecule has 2 aromatic rings. The van der Waals surface area contributed by atoms with Crippen LogP contribution < -0.4 is 16.0 Å². The normalized spacial score (nSPS) is 13.9. The van der Waals surface area contributed by atoms with Crippen LogP contribution in [0.5, 0.6) is 0 Å². The van der Waals surface area contributed by atoms with Crippen LogP contribution in [0.4, 0.5) is 22.7 Å². The first kappa shape index (κ1) is 18.7. The van der Waals surface area contributed by atoms with Gasteiger partial charge in [-0.2, -0.15) is 0 Å². The lowest BCUT2D eigenvalue weighted by Crippen LogP contribution is -2.52. The fourth-order valence-electron chi connectivity index (χ4n) is 2.90. The summed E-state index contributed by atoms with van der Waals surface area (Å²) in [5, 5.41) is 14.2. The lowest BCUT2D eigenvalue weighted by Gasteiger charge is -2.40. The number of carbonyl (C=O) groups is 1. The molecule has 0 saturated carbocycles. The molecular formula is C19H22N4O4. The molecular weight excluding hydrogens is 348 g/mol. The van der Waals surface area contributed by atoms with Gasteiger partial charge in [0.1, 0.15) is 5.69 Å². The predicted molar refractivity (Wildman–Crippen MR) is 104 cm³/mol. The fourth-order valence-corrected chi connectivity index (χ4v) is 2.90. The highest BCUT2D eigenvalue weighted by Crippen LogP contribution is 2.30. The number of nitro benzene ring substituents is 1. The second-order valence-corrected chi connectivity index (χ2v) is 6.42. The fraction of sp³-hybridized carbons (Fsp3) is 0.316. The highest BCUT2D eigenvalue weighted by atomic mass is 16.6. The summed E-state index contributed by atoms with van der Waals surface area (Å²) in [6.45, 7) is 4.59. The maximum Gasteiger partial charge on any atom is 0.292 e. The highest BCUT2D eigenvalue weighted by molar-refractivity contribution is 5.95. The summed E-state index contributed by atoms with van der Waals surface area (Å²) in [4.78, 5) is 24.3. The predicted octanol–water partition coefficient (Wildman–Crippen LogP) is 3.05. The molecule has 2 aromatic carbocycles. The van der Waals surface area contributed by atoms with Gasteiger partial charge >= 0.3 is 0 Å². The quantitative estimate of drug-likeness (QED) is 0.546. The highest BCUT2D eigenvalue weighted by Gasteiger charge is 2.27. The first-order valence-electron chi connectivity index (χ1n) is 8.79. The maximum absolute atomic E-state index is 11.3. The van der Waals surface area contributed by atoms with Crippen molar-refractivity contribution in [2.75, 3.05) is 29.9 Å². The molecule has 0 bridgehead atoms. The van der Waals surface area contributed by atoms with E-state index in [1.165, 1.54) is 18.2 Å². The van der Waals surface area contributed by atoms with Gasteiger partial charge in [-0.15, -0.1) is 0 Å². The van der Waals surface area contributed by atoms with Gasteiger partial charge in [0.25, 0.3) is 5.69 Å². The molecule has 0 aliphatic carbocycles. The summed E-state index contributed by atoms with van der Waals surface area (Å²) in [6.07, 6.45) is 1.29. The average molecular weight is 370 g/mol. The number of hydrogen-bond donors (Lipinski definition) is 2. The zero-order chi connectivity index (χ0) is 19.4. The lowest BCUT2D eigenvalue weighted by molar-refractivity contribution is -0.383. The number of amides is 1. The average Bonchev–Trinajstić information content (AvgIpc) is 2.61. The Labute approximate surface area is 157 Å². The number of nitro groups is 1. The van der Waals surface area contributed by atoms with E-state index >= 15 is 0 Å². The number of benzene rings is 2. The molecule has 0 atom stereocenters. The van der Waals surface area contributed by atoms with Crippen LogP contribution in [0.2, 0.25) is 0 Å². The van der Waals surface area contributed by atoms with Crippen molar-refractivity contribution in [2.24, 2.45) is 5.73 Å². The van der Waals surface area contributed by atoms with Crippen LogP contribution in [0.1, 0.15) is 23.7 Å². The molecule has 1 heterocycles. The van der Waals surface area contributed by atoms with Gasteiger partial charge in [0.2, 0.25) is 5.91 Å². The van der Waals surface area contributed by atoms with E-state index in [9.17, 15) is 14.9 Å². The molecule has 27 heavy (non-hydrogen) atoms. The molecule has 8 nitrogen and oxygen atoms in total. The van der Waals surface area contributed by atoms with Gasteiger partial charge in [-0.1, -0.05) is 6.92 Å². The second kappa shape index (κ2) is 8.05. The van der Waals surface area contributed by atoms with Crippen LogP contribution in [0.15, 0.2) is 42.5 Å². The van der Waals surface area contributed by atoms with Crippen LogP contribution >= 0.6 is 0 Å². The smallest absolute Gasteiger partial charge is 0.292 e. The number of anilines is 3. The number of nitrogens with two attached hydrogens (primary N) is 1. The number of primary amides is 1. The van der Waals surface area contributed by atoms with E-state index in [4.69, 9.17) is 10.5 Å². The third kappa shape index (κ3) is 4.35. The molecule has 1 fully saturated rings. The SMILES string of the molecule is CCCOC1CN(c2ccc(Nc3cc(C(N)=O)ccc3[N+](=O)[O-])cc2)C1. The molecule has 1 saturated heterocycles. The summed E-state index contributed by atoms with van der Waals surface area (Å²) in [7, 11) is 0. The number of ether oxygens (including phenoxy) is 1. The Morgan fingerprint density at radius 1 is 1.30 bits per heavy atom. The van der Waals surface area contributed by atoms with Gasteiger partial charge in [-0.05, 0) is 42.8 Å². The molecule has 0 unspecified atom stereocenters. The summed E-state index contributed by atoms with van der Waals surface area (Å²) in [6, 6.07) is 11.6. The van der Waals surface area contributed by atoms with Crippen molar-refractivity contribution in [2.45, 2.75) is 19.4 Å². The van der Waals surface area contributed by atoms with Crippen LogP contribution in [0, 0.1) is 10.1 Å². The summed E-state index contributed by atoms with van der Waals surface area (Å²) < 4.78 is 5.69. The standard InChI is InChI=1S/C19H22N4O4/c1-2-9-27-16-11-22(12-16)15-6-4-14(5-7-15)21-17-10-13(19(20)24)3-8-18(17)23(25)26/h3-8,10,16,21H,2,9,11-12H2,1H3,(H2,20,24). The van der Waals surface area contributed by atoms with Crippen molar-refractivity contribution < 1.29 is 14.5 Å². The summed E-state index contributed by atoms with van der Waals surface area (Å²) >= 11 is 0. The molecule has 0 spiro atoms. The van der Waals surface area contributed by atoms with Gasteiger partial charge < -0.3 is 20.7 Å². The van der Waals surface area contributed by atoms with E-state index in [0.717, 1.165) is 31.8 Å². The van der Waals surface area contributed by atoms with Crippen molar-refractivity contribution in [3.63, 3.8) is 0 Å². The third-order valence-corrected chi connectivity index (χ3v) is 4.39. The molecule has 0 radical (unpaired) electrons. The second-order valence-electron chi connectivity index (χ2n) is 6.42. The molecule has 8 heteroatoms. The third-order valence-electron chi connectivity index (χ3n) is 4.39. The Bertz CT molecular complexity index is 832. The summed E-state index contributed by atoms with van der Waals surface area (Å²) in [5.74, 6) is -0.638. The molecule has 3 N–H and O–H groups in total. The monoisotopic (exact) mass is 370 g/mol. The Morgan fingerprint density at radius 3 is 2.59 bits per heavy atom. The van der Waals surface area contributed by atoms with Crippen LogP contribution in [0.25, 0.3) is 0 Å². The Balaban J connectivity index is 1.69. The molecule has 0 aromatic heterocycles. The van der Waals surface area contributed by atoms with Gasteiger partial charge in [0, 0.05) is 42.7 Å². The first-order valence-corrected chi connectivity index (χ1v) is 8.79. The molecule has 142 valence electrons.